The van der Waals surface area contributed by atoms with Gasteiger partial charge in [-0.3, -0.25) is 0 Å². The van der Waals surface area contributed by atoms with Gasteiger partial charge in [0.1, 0.15) is 11.5 Å². The average molecular weight is 456 g/mol. The summed E-state index contributed by atoms with van der Waals surface area (Å²) >= 11 is 6.55. The van der Waals surface area contributed by atoms with Crippen LogP contribution < -0.4 is 4.74 Å². The van der Waals surface area contributed by atoms with E-state index in [1.807, 2.05) is 59.3 Å². The van der Waals surface area contributed by atoms with Crippen molar-refractivity contribution in [2.75, 3.05) is 0 Å². The number of halogens is 1. The molecule has 132 valence electrons. The van der Waals surface area contributed by atoms with Gasteiger partial charge in [0.2, 0.25) is 5.90 Å². The number of allylic oxidation sites excluding steroid dienone is 2. The van der Waals surface area contributed by atoms with Gasteiger partial charge in [0.25, 0.3) is 0 Å². The number of nitrogens with zero attached hydrogens (tertiary/aromatic N) is 1. The molecule has 0 fully saturated rings. The van der Waals surface area contributed by atoms with E-state index in [4.69, 9.17) is 9.47 Å². The molecule has 0 unspecified atom stereocenters. The zero-order chi connectivity index (χ0) is 18.4. The molecule has 0 amide bonds. The predicted octanol–water partition coefficient (Wildman–Crippen LogP) is 5.72. The zero-order valence-corrected chi connectivity index (χ0v) is 16.9. The van der Waals surface area contributed by atoms with E-state index >= 15 is 0 Å². The topological polar surface area (TPSA) is 47.9 Å². The molecule has 27 heavy (non-hydrogen) atoms. The molecular weight excluding hydrogens is 446 g/mol. The third-order valence-electron chi connectivity index (χ3n) is 4.07. The Bertz CT molecular complexity index is 1140. The Kier molecular flexibility index (Phi) is 4.07. The van der Waals surface area contributed by atoms with Gasteiger partial charge in [0.05, 0.1) is 9.75 Å². The van der Waals surface area contributed by atoms with E-state index in [2.05, 4.69) is 20.9 Å². The van der Waals surface area contributed by atoms with Crippen LogP contribution in [0, 0.1) is 0 Å². The molecule has 4 nitrogen and oxygen atoms in total. The van der Waals surface area contributed by atoms with Gasteiger partial charge in [-0.15, -0.1) is 22.7 Å². The first kappa shape index (κ1) is 16.7. The first-order valence-electron chi connectivity index (χ1n) is 8.01. The lowest BCUT2D eigenvalue weighted by atomic mass is 9.99. The van der Waals surface area contributed by atoms with E-state index in [1.54, 1.807) is 11.3 Å². The molecule has 7 heteroatoms. The van der Waals surface area contributed by atoms with Crippen LogP contribution in [0.25, 0.3) is 11.3 Å². The fraction of sp³-hybridized carbons (Fsp3) is 0. The fourth-order valence-electron chi connectivity index (χ4n) is 2.88. The molecule has 1 aromatic carbocycles. The molecule has 0 saturated heterocycles. The first-order chi connectivity index (χ1) is 13.2. The second kappa shape index (κ2) is 6.60. The lowest BCUT2D eigenvalue weighted by Gasteiger charge is -2.20. The molecule has 0 atom stereocenters. The quantitative estimate of drug-likeness (QED) is 0.366. The van der Waals surface area contributed by atoms with Gasteiger partial charge in [-0.25, -0.2) is 9.79 Å². The number of hydrogen-bond donors (Lipinski definition) is 0. The number of carbonyl (C=O) groups is 1. The van der Waals surface area contributed by atoms with Crippen molar-refractivity contribution < 1.29 is 14.3 Å². The maximum absolute atomic E-state index is 12.6. The molecule has 0 spiro atoms. The number of fused-ring (bicyclic) bond motifs is 1. The molecule has 2 aliphatic heterocycles. The van der Waals surface area contributed by atoms with Crippen molar-refractivity contribution in [2.45, 2.75) is 0 Å². The molecule has 5 rings (SSSR count). The van der Waals surface area contributed by atoms with Crippen molar-refractivity contribution >= 4 is 61.8 Å². The van der Waals surface area contributed by atoms with Gasteiger partial charge >= 0.3 is 5.97 Å². The smallest absolute Gasteiger partial charge is 0.364 e. The summed E-state index contributed by atoms with van der Waals surface area (Å²) in [5.74, 6) is 1.25. The number of cyclic esters (lactones) is 1. The summed E-state index contributed by atoms with van der Waals surface area (Å²) in [5, 5.41) is 3.91. The normalized spacial score (nSPS) is 18.5. The van der Waals surface area contributed by atoms with E-state index in [1.165, 1.54) is 11.3 Å². The minimum atomic E-state index is -0.456. The van der Waals surface area contributed by atoms with E-state index < -0.39 is 5.97 Å². The van der Waals surface area contributed by atoms with Crippen molar-refractivity contribution in [1.29, 1.82) is 0 Å². The molecule has 2 aromatic heterocycles. The third kappa shape index (κ3) is 2.97. The standard InChI is InChI=1S/C20H10BrNO3S2/c21-11-5-6-14-12(9-11)13(10-15(24-14)16-3-1-7-26-16)18-20(23)25-19(22-18)17-4-2-8-27-17/h1-10H/b18-13-. The van der Waals surface area contributed by atoms with Crippen LogP contribution in [0.15, 0.2) is 74.5 Å². The van der Waals surface area contributed by atoms with E-state index in [9.17, 15) is 4.79 Å². The summed E-state index contributed by atoms with van der Waals surface area (Å²) in [6, 6.07) is 13.4. The fourth-order valence-corrected chi connectivity index (χ4v) is 4.56. The van der Waals surface area contributed by atoms with Crippen LogP contribution in [0.3, 0.4) is 0 Å². The van der Waals surface area contributed by atoms with Gasteiger partial charge < -0.3 is 9.47 Å². The van der Waals surface area contributed by atoms with Crippen LogP contribution >= 0.6 is 38.6 Å². The van der Waals surface area contributed by atoms with Crippen LogP contribution in [0.5, 0.6) is 5.75 Å². The highest BCUT2D eigenvalue weighted by atomic mass is 79.9. The summed E-state index contributed by atoms with van der Waals surface area (Å²) in [6.45, 7) is 0. The molecule has 0 saturated carbocycles. The second-order valence-electron chi connectivity index (χ2n) is 5.77. The van der Waals surface area contributed by atoms with Crippen LogP contribution in [0.4, 0.5) is 0 Å². The Morgan fingerprint density at radius 2 is 1.74 bits per heavy atom. The molecule has 0 radical (unpaired) electrons. The highest BCUT2D eigenvalue weighted by molar-refractivity contribution is 9.10. The van der Waals surface area contributed by atoms with Crippen LogP contribution in [0.2, 0.25) is 0 Å². The second-order valence-corrected chi connectivity index (χ2v) is 8.59. The van der Waals surface area contributed by atoms with Gasteiger partial charge in [0.15, 0.2) is 5.70 Å². The van der Waals surface area contributed by atoms with Crippen molar-refractivity contribution in [2.24, 2.45) is 4.99 Å². The highest BCUT2D eigenvalue weighted by Crippen LogP contribution is 2.42. The number of aliphatic imine (C=N–C) groups is 1. The van der Waals surface area contributed by atoms with Gasteiger partial charge in [-0.05, 0) is 47.2 Å². The summed E-state index contributed by atoms with van der Waals surface area (Å²) < 4.78 is 12.4. The number of hydrogen-bond acceptors (Lipinski definition) is 6. The Morgan fingerprint density at radius 1 is 0.963 bits per heavy atom. The summed E-state index contributed by atoms with van der Waals surface area (Å²) in [5.41, 5.74) is 1.78. The molecule has 4 heterocycles. The molecule has 0 aliphatic carbocycles. The largest absolute Gasteiger partial charge is 0.455 e. The van der Waals surface area contributed by atoms with E-state index in [0.29, 0.717) is 23.0 Å². The monoisotopic (exact) mass is 455 g/mol. The number of benzene rings is 1. The maximum atomic E-state index is 12.6. The number of carbonyl (C=O) groups excluding carboxylic acids is 1. The molecular formula is C20H10BrNO3S2. The van der Waals surface area contributed by atoms with Crippen molar-refractivity contribution in [3.63, 3.8) is 0 Å². The SMILES string of the molecule is O=C1OC(c2cccs2)=N/C1=C1/C=C(c2cccs2)Oc2ccc(Br)cc21. The lowest BCUT2D eigenvalue weighted by Crippen LogP contribution is -2.07. The lowest BCUT2D eigenvalue weighted by molar-refractivity contribution is -0.129. The van der Waals surface area contributed by atoms with Gasteiger partial charge in [-0.2, -0.15) is 0 Å². The highest BCUT2D eigenvalue weighted by Gasteiger charge is 2.31. The van der Waals surface area contributed by atoms with Crippen molar-refractivity contribution in [1.82, 2.24) is 0 Å². The molecule has 2 aliphatic rings. The zero-order valence-electron chi connectivity index (χ0n) is 13.6. The van der Waals surface area contributed by atoms with Crippen molar-refractivity contribution in [3.05, 3.63) is 84.8 Å². The van der Waals surface area contributed by atoms with Crippen LogP contribution in [-0.2, 0) is 9.53 Å². The van der Waals surface area contributed by atoms with Crippen LogP contribution in [0.1, 0.15) is 15.3 Å². The molecule has 0 N–H and O–H groups in total. The number of thiophene rings is 2. The Labute approximate surface area is 171 Å². The summed E-state index contributed by atoms with van der Waals surface area (Å²) in [6.07, 6.45) is 1.86. The minimum Gasteiger partial charge on any atom is -0.455 e. The maximum Gasteiger partial charge on any atom is 0.364 e. The Balaban J connectivity index is 1.72. The summed E-state index contributed by atoms with van der Waals surface area (Å²) in [7, 11) is 0. The number of ether oxygens (including phenoxy) is 2. The van der Waals surface area contributed by atoms with E-state index in [-0.39, 0.29) is 5.70 Å². The third-order valence-corrected chi connectivity index (χ3v) is 6.31. The Hall–Kier alpha value is -2.48. The van der Waals surface area contributed by atoms with Gasteiger partial charge in [0, 0.05) is 15.6 Å². The van der Waals surface area contributed by atoms with E-state index in [0.717, 1.165) is 19.8 Å². The first-order valence-corrected chi connectivity index (χ1v) is 10.6. The predicted molar refractivity (Wildman–Crippen MR) is 111 cm³/mol. The number of rotatable bonds is 2. The molecule has 0 bridgehead atoms. The average Bonchev–Trinajstić information content (AvgIpc) is 3.42. The van der Waals surface area contributed by atoms with Crippen molar-refractivity contribution in [3.8, 4) is 5.75 Å². The minimum absolute atomic E-state index is 0.287. The summed E-state index contributed by atoms with van der Waals surface area (Å²) in [4.78, 5) is 18.9. The van der Waals surface area contributed by atoms with Crippen LogP contribution in [-0.4, -0.2) is 11.9 Å². The number of esters is 1. The molecule has 3 aromatic rings. The van der Waals surface area contributed by atoms with Gasteiger partial charge in [-0.1, -0.05) is 28.1 Å². The Morgan fingerprint density at radius 3 is 2.48 bits per heavy atom.